The Bertz CT molecular complexity index is 1980. The highest BCUT2D eigenvalue weighted by Crippen LogP contribution is 2.43. The summed E-state index contributed by atoms with van der Waals surface area (Å²) >= 11 is 0. The molecule has 0 saturated heterocycles. The molecular formula is C31H25F3N4O4. The summed E-state index contributed by atoms with van der Waals surface area (Å²) in [6.07, 6.45) is -1.71. The number of nitrogens with two attached hydrogens (primary N) is 1. The van der Waals surface area contributed by atoms with Crippen LogP contribution in [0.15, 0.2) is 54.6 Å². The maximum Gasteiger partial charge on any atom is 0.264 e. The Morgan fingerprint density at radius 1 is 1.02 bits per heavy atom. The Kier molecular flexibility index (Phi) is 6.07. The molecule has 1 aliphatic heterocycles. The Morgan fingerprint density at radius 2 is 1.76 bits per heavy atom. The standard InChI is InChI=1S/C31H25F3N4O4/c1-13-16(5-4-6-23(13)38-29(40)19-10-15(32)11-21(34)26(19)37-30(38)41)24-20(33)12-18(28(35)39)27-25(24)17-8-7-14(31(2,3)42)9-22(17)36-27/h4-12,30,36-37,41-42H,1-3H3,(H2,35,39). The van der Waals surface area contributed by atoms with E-state index in [1.165, 1.54) is 6.07 Å². The van der Waals surface area contributed by atoms with Crippen LogP contribution in [0.4, 0.5) is 24.5 Å². The fourth-order valence-electron chi connectivity index (χ4n) is 5.61. The van der Waals surface area contributed by atoms with E-state index in [9.17, 15) is 28.6 Å². The van der Waals surface area contributed by atoms with Crippen molar-refractivity contribution in [1.29, 1.82) is 0 Å². The van der Waals surface area contributed by atoms with Crippen molar-refractivity contribution in [1.82, 2.24) is 4.98 Å². The fraction of sp³-hybridized carbons (Fsp3) is 0.161. The fourth-order valence-corrected chi connectivity index (χ4v) is 5.61. The lowest BCUT2D eigenvalue weighted by Crippen LogP contribution is -2.49. The molecule has 1 atom stereocenters. The van der Waals surface area contributed by atoms with Crippen LogP contribution in [0.3, 0.4) is 0 Å². The van der Waals surface area contributed by atoms with Crippen molar-refractivity contribution >= 4 is 45.0 Å². The molecule has 11 heteroatoms. The normalized spacial score (nSPS) is 15.3. The van der Waals surface area contributed by atoms with Gasteiger partial charge in [-0.1, -0.05) is 24.3 Å². The molecule has 42 heavy (non-hydrogen) atoms. The smallest absolute Gasteiger partial charge is 0.264 e. The van der Waals surface area contributed by atoms with Crippen molar-refractivity contribution < 1.29 is 33.0 Å². The summed E-state index contributed by atoms with van der Waals surface area (Å²) in [7, 11) is 0. The topological polar surface area (TPSA) is 132 Å². The molecule has 6 rings (SSSR count). The van der Waals surface area contributed by atoms with E-state index in [-0.39, 0.29) is 33.6 Å². The highest BCUT2D eigenvalue weighted by atomic mass is 19.1. The van der Waals surface area contributed by atoms with Crippen LogP contribution in [0.5, 0.6) is 0 Å². The molecule has 4 aromatic carbocycles. The molecule has 0 saturated carbocycles. The number of fused-ring (bicyclic) bond motifs is 4. The lowest BCUT2D eigenvalue weighted by atomic mass is 9.91. The van der Waals surface area contributed by atoms with Gasteiger partial charge in [-0.3, -0.25) is 14.5 Å². The Morgan fingerprint density at radius 3 is 2.45 bits per heavy atom. The molecule has 6 N–H and O–H groups in total. The number of amides is 2. The molecule has 2 heterocycles. The maximum absolute atomic E-state index is 16.0. The van der Waals surface area contributed by atoms with Crippen molar-refractivity contribution in [3.05, 3.63) is 94.3 Å². The van der Waals surface area contributed by atoms with E-state index in [0.717, 1.165) is 17.0 Å². The summed E-state index contributed by atoms with van der Waals surface area (Å²) in [5.41, 5.74) is 6.04. The van der Waals surface area contributed by atoms with Gasteiger partial charge in [0, 0.05) is 27.9 Å². The van der Waals surface area contributed by atoms with Gasteiger partial charge in [-0.15, -0.1) is 0 Å². The van der Waals surface area contributed by atoms with Crippen LogP contribution in [-0.4, -0.2) is 33.4 Å². The number of H-pyrrole nitrogens is 1. The van der Waals surface area contributed by atoms with E-state index in [4.69, 9.17) is 5.73 Å². The molecule has 5 aromatic rings. The molecule has 2 amide bonds. The van der Waals surface area contributed by atoms with Gasteiger partial charge in [-0.2, -0.15) is 0 Å². The molecule has 1 aromatic heterocycles. The summed E-state index contributed by atoms with van der Waals surface area (Å²) in [6.45, 7) is 4.86. The zero-order valence-electron chi connectivity index (χ0n) is 22.6. The van der Waals surface area contributed by atoms with Gasteiger partial charge in [0.15, 0.2) is 0 Å². The molecule has 1 aliphatic rings. The molecule has 0 aliphatic carbocycles. The first-order valence-corrected chi connectivity index (χ1v) is 13.0. The third kappa shape index (κ3) is 4.08. The van der Waals surface area contributed by atoms with E-state index in [2.05, 4.69) is 10.3 Å². The van der Waals surface area contributed by atoms with Crippen molar-refractivity contribution in [3.63, 3.8) is 0 Å². The predicted molar refractivity (Wildman–Crippen MR) is 152 cm³/mol. The van der Waals surface area contributed by atoms with E-state index in [0.29, 0.717) is 39.0 Å². The number of halogens is 3. The van der Waals surface area contributed by atoms with E-state index in [1.807, 2.05) is 0 Å². The second-order valence-electron chi connectivity index (χ2n) is 10.8. The second kappa shape index (κ2) is 9.33. The molecule has 1 unspecified atom stereocenters. The summed E-state index contributed by atoms with van der Waals surface area (Å²) in [4.78, 5) is 29.8. The lowest BCUT2D eigenvalue weighted by molar-refractivity contribution is 0.0786. The van der Waals surface area contributed by atoms with Crippen LogP contribution in [0.25, 0.3) is 32.9 Å². The van der Waals surface area contributed by atoms with Crippen LogP contribution in [-0.2, 0) is 5.60 Å². The molecule has 0 radical (unpaired) electrons. The molecule has 8 nitrogen and oxygen atoms in total. The molecule has 0 fully saturated rings. The summed E-state index contributed by atoms with van der Waals surface area (Å²) in [5, 5.41) is 24.7. The number of aromatic amines is 1. The maximum atomic E-state index is 16.0. The lowest BCUT2D eigenvalue weighted by Gasteiger charge is -2.35. The monoisotopic (exact) mass is 574 g/mol. The van der Waals surface area contributed by atoms with Gasteiger partial charge in [-0.25, -0.2) is 13.2 Å². The number of carbonyl (C=O) groups excluding carboxylic acids is 2. The zero-order valence-corrected chi connectivity index (χ0v) is 22.6. The number of nitrogens with one attached hydrogen (secondary N) is 2. The first kappa shape index (κ1) is 27.3. The Balaban J connectivity index is 1.60. The van der Waals surface area contributed by atoms with Gasteiger partial charge >= 0.3 is 0 Å². The number of aromatic nitrogens is 1. The molecular weight excluding hydrogens is 549 g/mol. The highest BCUT2D eigenvalue weighted by molar-refractivity contribution is 6.20. The Hall–Kier alpha value is -4.87. The van der Waals surface area contributed by atoms with E-state index < -0.39 is 41.2 Å². The number of nitrogens with zero attached hydrogens (tertiary/aromatic N) is 1. The van der Waals surface area contributed by atoms with E-state index in [1.54, 1.807) is 51.1 Å². The Labute approximate surface area is 237 Å². The number of primary amides is 1. The third-order valence-corrected chi connectivity index (χ3v) is 7.66. The zero-order chi connectivity index (χ0) is 30.2. The number of carbonyl (C=O) groups is 2. The summed E-state index contributed by atoms with van der Waals surface area (Å²) in [6, 6.07) is 12.3. The minimum Gasteiger partial charge on any atom is -0.386 e. The van der Waals surface area contributed by atoms with Crippen molar-refractivity contribution in [2.45, 2.75) is 32.7 Å². The van der Waals surface area contributed by atoms with Crippen LogP contribution in [0.1, 0.15) is 45.7 Å². The molecule has 0 bridgehead atoms. The van der Waals surface area contributed by atoms with Crippen LogP contribution in [0.2, 0.25) is 0 Å². The first-order valence-electron chi connectivity index (χ1n) is 13.0. The quantitative estimate of drug-likeness (QED) is 0.197. The number of aliphatic hydroxyl groups is 2. The predicted octanol–water partition coefficient (Wildman–Crippen LogP) is 5.39. The van der Waals surface area contributed by atoms with Crippen LogP contribution in [0, 0.1) is 24.4 Å². The van der Waals surface area contributed by atoms with Gasteiger partial charge in [0.25, 0.3) is 11.8 Å². The van der Waals surface area contributed by atoms with Crippen molar-refractivity contribution in [2.75, 3.05) is 10.2 Å². The van der Waals surface area contributed by atoms with E-state index >= 15 is 4.39 Å². The van der Waals surface area contributed by atoms with Crippen LogP contribution >= 0.6 is 0 Å². The number of anilines is 2. The summed E-state index contributed by atoms with van der Waals surface area (Å²) in [5.74, 6) is -4.47. The highest BCUT2D eigenvalue weighted by Gasteiger charge is 2.36. The first-order chi connectivity index (χ1) is 19.8. The summed E-state index contributed by atoms with van der Waals surface area (Å²) < 4.78 is 44.4. The van der Waals surface area contributed by atoms with Crippen molar-refractivity contribution in [3.8, 4) is 11.1 Å². The average molecular weight is 575 g/mol. The van der Waals surface area contributed by atoms with Gasteiger partial charge in [-0.05, 0) is 61.7 Å². The number of hydrogen-bond acceptors (Lipinski definition) is 5. The molecule has 214 valence electrons. The number of aliphatic hydroxyl groups excluding tert-OH is 1. The number of hydrogen-bond donors (Lipinski definition) is 5. The number of rotatable bonds is 4. The van der Waals surface area contributed by atoms with Gasteiger partial charge < -0.3 is 26.2 Å². The minimum absolute atomic E-state index is 0.0763. The van der Waals surface area contributed by atoms with Crippen molar-refractivity contribution in [2.24, 2.45) is 5.73 Å². The minimum atomic E-state index is -1.71. The SMILES string of the molecule is Cc1c(-c2c(F)cc(C(N)=O)c3[nH]c4cc(C(C)(C)O)ccc4c23)cccc1N1C(=O)c2cc(F)cc(F)c2NC1O. The average Bonchev–Trinajstić information content (AvgIpc) is 3.28. The van der Waals surface area contributed by atoms with Crippen LogP contribution < -0.4 is 16.0 Å². The van der Waals surface area contributed by atoms with Gasteiger partial charge in [0.1, 0.15) is 17.5 Å². The largest absolute Gasteiger partial charge is 0.386 e. The third-order valence-electron chi connectivity index (χ3n) is 7.66. The van der Waals surface area contributed by atoms with Gasteiger partial charge in [0.05, 0.1) is 33.6 Å². The number of benzene rings is 4. The van der Waals surface area contributed by atoms with Gasteiger partial charge in [0.2, 0.25) is 6.35 Å². The second-order valence-corrected chi connectivity index (χ2v) is 10.8. The molecule has 0 spiro atoms.